The highest BCUT2D eigenvalue weighted by atomic mass is 19.1. The first-order valence-corrected chi connectivity index (χ1v) is 6.41. The summed E-state index contributed by atoms with van der Waals surface area (Å²) in [7, 11) is 1.92. The summed E-state index contributed by atoms with van der Waals surface area (Å²) in [6, 6.07) is 4.98. The van der Waals surface area contributed by atoms with Crippen LogP contribution in [0, 0.1) is 26.6 Å². The molecule has 1 atom stereocenters. The van der Waals surface area contributed by atoms with Crippen LogP contribution in [0.1, 0.15) is 34.1 Å². The van der Waals surface area contributed by atoms with Crippen LogP contribution >= 0.6 is 0 Å². The molecule has 0 aliphatic rings. The SMILES string of the molecule is Cc1ccc(C(N)Cc2c(C)nn(C)c2C)cc1F. The largest absolute Gasteiger partial charge is 0.324 e. The fraction of sp³-hybridized carbons (Fsp3) is 0.400. The van der Waals surface area contributed by atoms with E-state index in [1.165, 1.54) is 6.07 Å². The number of hydrogen-bond donors (Lipinski definition) is 1. The van der Waals surface area contributed by atoms with E-state index in [0.29, 0.717) is 12.0 Å². The molecule has 0 aliphatic carbocycles. The van der Waals surface area contributed by atoms with Gasteiger partial charge in [-0.1, -0.05) is 12.1 Å². The second kappa shape index (κ2) is 5.13. The quantitative estimate of drug-likeness (QED) is 0.923. The lowest BCUT2D eigenvalue weighted by Crippen LogP contribution is -2.14. The first kappa shape index (κ1) is 13.7. The van der Waals surface area contributed by atoms with E-state index in [1.807, 2.05) is 31.6 Å². The van der Waals surface area contributed by atoms with E-state index in [0.717, 1.165) is 22.5 Å². The van der Waals surface area contributed by atoms with Gasteiger partial charge >= 0.3 is 0 Å². The molecular formula is C15H20FN3. The number of hydrogen-bond acceptors (Lipinski definition) is 2. The molecule has 4 heteroatoms. The van der Waals surface area contributed by atoms with Crippen molar-refractivity contribution in [2.75, 3.05) is 0 Å². The molecule has 1 aromatic heterocycles. The molecule has 0 amide bonds. The zero-order valence-corrected chi connectivity index (χ0v) is 11.9. The molecule has 1 unspecified atom stereocenters. The van der Waals surface area contributed by atoms with Crippen molar-refractivity contribution < 1.29 is 4.39 Å². The Bertz CT molecular complexity index is 602. The molecule has 0 fully saturated rings. The van der Waals surface area contributed by atoms with Gasteiger partial charge in [-0.2, -0.15) is 5.10 Å². The predicted molar refractivity (Wildman–Crippen MR) is 74.5 cm³/mol. The molecule has 19 heavy (non-hydrogen) atoms. The summed E-state index contributed by atoms with van der Waals surface area (Å²) >= 11 is 0. The third kappa shape index (κ3) is 2.68. The highest BCUT2D eigenvalue weighted by Crippen LogP contribution is 2.22. The van der Waals surface area contributed by atoms with E-state index in [2.05, 4.69) is 5.10 Å². The Balaban J connectivity index is 2.25. The van der Waals surface area contributed by atoms with Crippen molar-refractivity contribution in [3.8, 4) is 0 Å². The van der Waals surface area contributed by atoms with Gasteiger partial charge in [0.25, 0.3) is 0 Å². The summed E-state index contributed by atoms with van der Waals surface area (Å²) in [5.74, 6) is -0.201. The molecule has 0 radical (unpaired) electrons. The molecule has 102 valence electrons. The second-order valence-electron chi connectivity index (χ2n) is 5.09. The van der Waals surface area contributed by atoms with Gasteiger partial charge in [0.1, 0.15) is 5.82 Å². The standard InChI is InChI=1S/C15H20FN3/c1-9-5-6-12(7-14(9)16)15(17)8-13-10(2)18-19(4)11(13)3/h5-7,15H,8,17H2,1-4H3. The van der Waals surface area contributed by atoms with Gasteiger partial charge in [0.15, 0.2) is 0 Å². The minimum atomic E-state index is -0.211. The van der Waals surface area contributed by atoms with E-state index in [-0.39, 0.29) is 11.9 Å². The Morgan fingerprint density at radius 2 is 2.00 bits per heavy atom. The smallest absolute Gasteiger partial charge is 0.126 e. The van der Waals surface area contributed by atoms with Crippen LogP contribution in [0.4, 0.5) is 4.39 Å². The lowest BCUT2D eigenvalue weighted by molar-refractivity contribution is 0.609. The monoisotopic (exact) mass is 261 g/mol. The van der Waals surface area contributed by atoms with Gasteiger partial charge in [0.2, 0.25) is 0 Å². The first-order chi connectivity index (χ1) is 8.90. The third-order valence-electron chi connectivity index (χ3n) is 3.71. The van der Waals surface area contributed by atoms with Crippen molar-refractivity contribution >= 4 is 0 Å². The summed E-state index contributed by atoms with van der Waals surface area (Å²) in [4.78, 5) is 0. The van der Waals surface area contributed by atoms with Gasteiger partial charge in [0, 0.05) is 18.8 Å². The average molecular weight is 261 g/mol. The summed E-state index contributed by atoms with van der Waals surface area (Å²) in [5, 5.41) is 4.38. The zero-order chi connectivity index (χ0) is 14.2. The molecule has 3 nitrogen and oxygen atoms in total. The molecule has 0 aliphatic heterocycles. The van der Waals surface area contributed by atoms with Crippen LogP contribution in [0.2, 0.25) is 0 Å². The molecule has 1 aromatic carbocycles. The van der Waals surface area contributed by atoms with E-state index < -0.39 is 0 Å². The van der Waals surface area contributed by atoms with Crippen LogP contribution in [0.15, 0.2) is 18.2 Å². The molecule has 0 bridgehead atoms. The number of nitrogens with zero attached hydrogens (tertiary/aromatic N) is 2. The molecule has 0 saturated heterocycles. The maximum absolute atomic E-state index is 13.6. The Hall–Kier alpha value is -1.68. The van der Waals surface area contributed by atoms with Crippen molar-refractivity contribution in [3.63, 3.8) is 0 Å². The predicted octanol–water partition coefficient (Wildman–Crippen LogP) is 2.73. The van der Waals surface area contributed by atoms with Crippen molar-refractivity contribution in [1.29, 1.82) is 0 Å². The molecule has 2 N–H and O–H groups in total. The summed E-state index contributed by atoms with van der Waals surface area (Å²) in [5.41, 5.74) is 10.9. The number of benzene rings is 1. The van der Waals surface area contributed by atoms with Crippen LogP contribution in [-0.2, 0) is 13.5 Å². The molecule has 2 rings (SSSR count). The highest BCUT2D eigenvalue weighted by Gasteiger charge is 2.15. The molecule has 0 saturated carbocycles. The van der Waals surface area contributed by atoms with Crippen molar-refractivity contribution in [3.05, 3.63) is 52.1 Å². The van der Waals surface area contributed by atoms with Crippen molar-refractivity contribution in [1.82, 2.24) is 9.78 Å². The molecule has 0 spiro atoms. The Kier molecular flexibility index (Phi) is 3.71. The minimum Gasteiger partial charge on any atom is -0.324 e. The second-order valence-corrected chi connectivity index (χ2v) is 5.09. The molecular weight excluding hydrogens is 241 g/mol. The van der Waals surface area contributed by atoms with Gasteiger partial charge in [-0.05, 0) is 49.9 Å². The fourth-order valence-electron chi connectivity index (χ4n) is 2.29. The van der Waals surface area contributed by atoms with Gasteiger partial charge in [0.05, 0.1) is 5.69 Å². The Labute approximate surface area is 113 Å². The van der Waals surface area contributed by atoms with E-state index in [9.17, 15) is 4.39 Å². The Morgan fingerprint density at radius 3 is 2.53 bits per heavy atom. The summed E-state index contributed by atoms with van der Waals surface area (Å²) in [6.07, 6.45) is 0.675. The number of rotatable bonds is 3. The zero-order valence-electron chi connectivity index (χ0n) is 11.9. The van der Waals surface area contributed by atoms with Crippen LogP contribution in [0.3, 0.4) is 0 Å². The van der Waals surface area contributed by atoms with Crippen molar-refractivity contribution in [2.45, 2.75) is 33.2 Å². The van der Waals surface area contributed by atoms with Crippen LogP contribution in [0.25, 0.3) is 0 Å². The van der Waals surface area contributed by atoms with E-state index in [1.54, 1.807) is 13.0 Å². The lowest BCUT2D eigenvalue weighted by Gasteiger charge is -2.13. The maximum Gasteiger partial charge on any atom is 0.126 e. The van der Waals surface area contributed by atoms with Crippen LogP contribution in [0.5, 0.6) is 0 Å². The maximum atomic E-state index is 13.6. The van der Waals surface area contributed by atoms with Gasteiger partial charge < -0.3 is 5.73 Å². The molecule has 1 heterocycles. The highest BCUT2D eigenvalue weighted by molar-refractivity contribution is 5.30. The van der Waals surface area contributed by atoms with E-state index >= 15 is 0 Å². The number of aryl methyl sites for hydroxylation is 3. The minimum absolute atomic E-state index is 0.201. The van der Waals surface area contributed by atoms with Gasteiger partial charge in [-0.25, -0.2) is 4.39 Å². The number of aromatic nitrogens is 2. The van der Waals surface area contributed by atoms with Crippen LogP contribution < -0.4 is 5.73 Å². The third-order valence-corrected chi connectivity index (χ3v) is 3.71. The summed E-state index contributed by atoms with van der Waals surface area (Å²) in [6.45, 7) is 5.75. The fourth-order valence-corrected chi connectivity index (χ4v) is 2.29. The topological polar surface area (TPSA) is 43.8 Å². The average Bonchev–Trinajstić information content (AvgIpc) is 2.59. The van der Waals surface area contributed by atoms with Gasteiger partial charge in [-0.15, -0.1) is 0 Å². The number of nitrogens with two attached hydrogens (primary N) is 1. The summed E-state index contributed by atoms with van der Waals surface area (Å²) < 4.78 is 15.4. The van der Waals surface area contributed by atoms with Crippen LogP contribution in [-0.4, -0.2) is 9.78 Å². The number of halogens is 1. The normalized spacial score (nSPS) is 12.7. The van der Waals surface area contributed by atoms with Gasteiger partial charge in [-0.3, -0.25) is 4.68 Å². The first-order valence-electron chi connectivity index (χ1n) is 6.41. The lowest BCUT2D eigenvalue weighted by atomic mass is 9.97. The van der Waals surface area contributed by atoms with Crippen molar-refractivity contribution in [2.24, 2.45) is 12.8 Å². The van der Waals surface area contributed by atoms with E-state index in [4.69, 9.17) is 5.73 Å². The Morgan fingerprint density at radius 1 is 1.32 bits per heavy atom. The molecule has 2 aromatic rings.